The van der Waals surface area contributed by atoms with Gasteiger partial charge in [0.05, 0.1) is 32.6 Å². The molecule has 0 spiro atoms. The lowest BCUT2D eigenvalue weighted by Gasteiger charge is -2.10. The molecule has 0 rings (SSSR count). The third-order valence-electron chi connectivity index (χ3n) is 1.19. The van der Waals surface area contributed by atoms with Gasteiger partial charge in [0.15, 0.2) is 0 Å². The Morgan fingerprint density at radius 2 is 1.79 bits per heavy atom. The number of carbonyl (C=O) groups is 2. The lowest BCUT2D eigenvalue weighted by atomic mass is 10.3. The molecule has 0 aliphatic carbocycles. The third-order valence-corrected chi connectivity index (χ3v) is 1.19. The normalized spacial score (nSPS) is 9.57. The summed E-state index contributed by atoms with van der Waals surface area (Å²) in [5, 5.41) is 8.12. The van der Waals surface area contributed by atoms with Gasteiger partial charge in [0.2, 0.25) is 0 Å². The Bertz CT molecular complexity index is 262. The van der Waals surface area contributed by atoms with Crippen molar-refractivity contribution in [2.24, 2.45) is 0 Å². The van der Waals surface area contributed by atoms with Crippen molar-refractivity contribution in [3.05, 3.63) is 12.3 Å². The van der Waals surface area contributed by atoms with Gasteiger partial charge in [0.25, 0.3) is 6.10 Å². The maximum Gasteiger partial charge on any atom is 0.358 e. The molecule has 0 aliphatic heterocycles. The van der Waals surface area contributed by atoms with E-state index in [1.165, 1.54) is 0 Å². The first kappa shape index (κ1) is 12.0. The number of hydrogen-bond acceptors (Lipinski definition) is 6. The Morgan fingerprint density at radius 1 is 1.29 bits per heavy atom. The SMILES string of the molecule is COC(=O)C(O/C=C\C#N)C(=O)OC. The average Bonchev–Trinajstić information content (AvgIpc) is 2.22. The minimum atomic E-state index is -1.49. The second-order valence-corrected chi connectivity index (χ2v) is 1.99. The van der Waals surface area contributed by atoms with E-state index in [0.717, 1.165) is 26.6 Å². The standard InChI is InChI=1S/C8H9NO5/c1-12-7(10)6(8(11)13-2)14-5-3-4-9/h3,5-6H,1-2H3/b5-3-. The fourth-order valence-corrected chi connectivity index (χ4v) is 0.570. The number of hydrogen-bond donors (Lipinski definition) is 0. The largest absolute Gasteiger partial charge is 0.474 e. The minimum Gasteiger partial charge on any atom is -0.474 e. The fourth-order valence-electron chi connectivity index (χ4n) is 0.570. The zero-order valence-corrected chi connectivity index (χ0v) is 7.72. The zero-order chi connectivity index (χ0) is 11.0. The van der Waals surface area contributed by atoms with Gasteiger partial charge < -0.3 is 14.2 Å². The van der Waals surface area contributed by atoms with Crippen molar-refractivity contribution in [2.45, 2.75) is 6.10 Å². The van der Waals surface area contributed by atoms with E-state index >= 15 is 0 Å². The molecular formula is C8H9NO5. The molecule has 0 bridgehead atoms. The van der Waals surface area contributed by atoms with Crippen LogP contribution in [0.4, 0.5) is 0 Å². The maximum atomic E-state index is 10.9. The number of esters is 2. The van der Waals surface area contributed by atoms with Gasteiger partial charge >= 0.3 is 11.9 Å². The lowest BCUT2D eigenvalue weighted by molar-refractivity contribution is -0.165. The third kappa shape index (κ3) is 3.58. The van der Waals surface area contributed by atoms with Gasteiger partial charge in [0, 0.05) is 0 Å². The van der Waals surface area contributed by atoms with E-state index < -0.39 is 18.0 Å². The lowest BCUT2D eigenvalue weighted by Crippen LogP contribution is -2.33. The first-order valence-electron chi connectivity index (χ1n) is 3.53. The van der Waals surface area contributed by atoms with Crippen LogP contribution in [-0.4, -0.2) is 32.3 Å². The van der Waals surface area contributed by atoms with Gasteiger partial charge in [0.1, 0.15) is 0 Å². The summed E-state index contributed by atoms with van der Waals surface area (Å²) in [6.45, 7) is 0. The van der Waals surface area contributed by atoms with Crippen molar-refractivity contribution in [2.75, 3.05) is 14.2 Å². The van der Waals surface area contributed by atoms with E-state index in [2.05, 4.69) is 14.2 Å². The second kappa shape index (κ2) is 6.48. The molecule has 0 heterocycles. The van der Waals surface area contributed by atoms with Crippen molar-refractivity contribution in [1.29, 1.82) is 5.26 Å². The highest BCUT2D eigenvalue weighted by Crippen LogP contribution is 1.98. The van der Waals surface area contributed by atoms with Crippen LogP contribution in [0.2, 0.25) is 0 Å². The highest BCUT2D eigenvalue weighted by molar-refractivity contribution is 5.98. The van der Waals surface area contributed by atoms with Crippen molar-refractivity contribution < 1.29 is 23.8 Å². The summed E-state index contributed by atoms with van der Waals surface area (Å²) < 4.78 is 13.2. The van der Waals surface area contributed by atoms with E-state index in [4.69, 9.17) is 5.26 Å². The van der Waals surface area contributed by atoms with Gasteiger partial charge in [-0.2, -0.15) is 5.26 Å². The van der Waals surface area contributed by atoms with Crippen molar-refractivity contribution >= 4 is 11.9 Å². The van der Waals surface area contributed by atoms with Crippen molar-refractivity contribution in [1.82, 2.24) is 0 Å². The molecule has 0 radical (unpaired) electrons. The molecule has 0 unspecified atom stereocenters. The summed E-state index contributed by atoms with van der Waals surface area (Å²) >= 11 is 0. The molecule has 6 heteroatoms. The van der Waals surface area contributed by atoms with E-state index in [1.54, 1.807) is 6.07 Å². The van der Waals surface area contributed by atoms with Gasteiger partial charge in [-0.25, -0.2) is 9.59 Å². The van der Waals surface area contributed by atoms with Crippen molar-refractivity contribution in [3.8, 4) is 6.07 Å². The number of nitriles is 1. The second-order valence-electron chi connectivity index (χ2n) is 1.99. The number of ether oxygens (including phenoxy) is 3. The Labute approximate surface area is 80.7 Å². The highest BCUT2D eigenvalue weighted by atomic mass is 16.6. The molecule has 0 aromatic carbocycles. The first-order valence-corrected chi connectivity index (χ1v) is 3.53. The minimum absolute atomic E-state index is 0.889. The van der Waals surface area contributed by atoms with Gasteiger partial charge in [-0.1, -0.05) is 0 Å². The molecule has 0 fully saturated rings. The molecular weight excluding hydrogens is 190 g/mol. The van der Waals surface area contributed by atoms with Crippen LogP contribution < -0.4 is 0 Å². The Morgan fingerprint density at radius 3 is 2.14 bits per heavy atom. The molecule has 0 aliphatic rings. The molecule has 0 N–H and O–H groups in total. The quantitative estimate of drug-likeness (QED) is 0.269. The molecule has 0 saturated carbocycles. The number of methoxy groups -OCH3 is 2. The van der Waals surface area contributed by atoms with Crippen molar-refractivity contribution in [3.63, 3.8) is 0 Å². The molecule has 76 valence electrons. The Kier molecular flexibility index (Phi) is 5.54. The van der Waals surface area contributed by atoms with Crippen LogP contribution in [0.5, 0.6) is 0 Å². The number of allylic oxidation sites excluding steroid dienone is 1. The van der Waals surface area contributed by atoms with Gasteiger partial charge in [-0.15, -0.1) is 0 Å². The summed E-state index contributed by atoms with van der Waals surface area (Å²) in [5.41, 5.74) is 0. The fraction of sp³-hybridized carbons (Fsp3) is 0.375. The van der Waals surface area contributed by atoms with Crippen LogP contribution in [0.25, 0.3) is 0 Å². The summed E-state index contributed by atoms with van der Waals surface area (Å²) in [6, 6.07) is 1.63. The zero-order valence-electron chi connectivity index (χ0n) is 7.72. The monoisotopic (exact) mass is 199 g/mol. The van der Waals surface area contributed by atoms with Crippen LogP contribution >= 0.6 is 0 Å². The maximum absolute atomic E-state index is 10.9. The van der Waals surface area contributed by atoms with Gasteiger partial charge in [-0.3, -0.25) is 0 Å². The molecule has 0 aromatic rings. The molecule has 0 saturated heterocycles. The van der Waals surface area contributed by atoms with Gasteiger partial charge in [-0.05, 0) is 0 Å². The molecule has 0 aromatic heterocycles. The predicted molar refractivity (Wildman–Crippen MR) is 43.7 cm³/mol. The predicted octanol–water partition coefficient (Wildman–Crippen LogP) is -0.245. The first-order chi connectivity index (χ1) is 6.67. The van der Waals surface area contributed by atoms with E-state index in [0.29, 0.717) is 0 Å². The topological polar surface area (TPSA) is 85.6 Å². The highest BCUT2D eigenvalue weighted by Gasteiger charge is 2.29. The summed E-state index contributed by atoms with van der Waals surface area (Å²) in [7, 11) is 2.21. The van der Waals surface area contributed by atoms with E-state index in [9.17, 15) is 9.59 Å². The van der Waals surface area contributed by atoms with E-state index in [1.807, 2.05) is 0 Å². The summed E-state index contributed by atoms with van der Waals surface area (Å²) in [4.78, 5) is 21.9. The molecule has 14 heavy (non-hydrogen) atoms. The molecule has 0 atom stereocenters. The van der Waals surface area contributed by atoms with Crippen LogP contribution in [-0.2, 0) is 23.8 Å². The van der Waals surface area contributed by atoms with Crippen LogP contribution in [0.3, 0.4) is 0 Å². The Balaban J connectivity index is 4.42. The molecule has 6 nitrogen and oxygen atoms in total. The summed E-state index contributed by atoms with van der Waals surface area (Å²) in [6.07, 6.45) is 0.395. The van der Waals surface area contributed by atoms with Crippen LogP contribution in [0.1, 0.15) is 0 Å². The average molecular weight is 199 g/mol. The summed E-state index contributed by atoms with van der Waals surface area (Å²) in [5.74, 6) is -1.78. The number of rotatable bonds is 4. The van der Waals surface area contributed by atoms with Crippen LogP contribution in [0, 0.1) is 11.3 Å². The number of carbonyl (C=O) groups excluding carboxylic acids is 2. The Hall–Kier alpha value is -2.03. The smallest absolute Gasteiger partial charge is 0.358 e. The molecule has 0 amide bonds. The number of nitrogens with zero attached hydrogens (tertiary/aromatic N) is 1. The van der Waals surface area contributed by atoms with Crippen LogP contribution in [0.15, 0.2) is 12.3 Å². The van der Waals surface area contributed by atoms with E-state index in [-0.39, 0.29) is 0 Å².